The minimum absolute atomic E-state index is 0. The maximum Gasteiger partial charge on any atom is 0.224 e. The first kappa shape index (κ1) is 15.5. The predicted molar refractivity (Wildman–Crippen MR) is 78.6 cm³/mol. The van der Waals surface area contributed by atoms with Gasteiger partial charge >= 0.3 is 0 Å². The molecule has 1 amide bonds. The molecule has 0 spiro atoms. The van der Waals surface area contributed by atoms with Crippen molar-refractivity contribution in [3.8, 4) is 0 Å². The highest BCUT2D eigenvalue weighted by molar-refractivity contribution is 5.87. The van der Waals surface area contributed by atoms with Crippen LogP contribution in [-0.4, -0.2) is 36.0 Å². The van der Waals surface area contributed by atoms with E-state index < -0.39 is 0 Å². The Morgan fingerprint density at radius 1 is 1.42 bits per heavy atom. The van der Waals surface area contributed by atoms with Gasteiger partial charge in [0.25, 0.3) is 0 Å². The van der Waals surface area contributed by atoms with Crippen molar-refractivity contribution in [3.05, 3.63) is 30.1 Å². The number of aromatic nitrogens is 2. The summed E-state index contributed by atoms with van der Waals surface area (Å²) in [4.78, 5) is 19.0. The molecule has 19 heavy (non-hydrogen) atoms. The number of amides is 1. The molecule has 0 unspecified atom stereocenters. The molecule has 0 fully saturated rings. The molecule has 0 aliphatic heterocycles. The zero-order chi connectivity index (χ0) is 12.8. The quantitative estimate of drug-likeness (QED) is 0.699. The average Bonchev–Trinajstić information content (AvgIpc) is 2.78. The molecule has 104 valence electrons. The molecule has 0 bridgehead atoms. The lowest BCUT2D eigenvalue weighted by molar-refractivity contribution is -0.120. The van der Waals surface area contributed by atoms with Crippen LogP contribution in [0, 0.1) is 0 Å². The van der Waals surface area contributed by atoms with E-state index in [9.17, 15) is 4.79 Å². The lowest BCUT2D eigenvalue weighted by atomic mass is 10.1. The number of hydrogen-bond donors (Lipinski definition) is 3. The molecule has 2 heterocycles. The number of halogens is 1. The largest absolute Gasteiger partial charge is 0.356 e. The van der Waals surface area contributed by atoms with E-state index in [1.807, 2.05) is 25.4 Å². The van der Waals surface area contributed by atoms with Gasteiger partial charge in [0.15, 0.2) is 0 Å². The summed E-state index contributed by atoms with van der Waals surface area (Å²) in [5.41, 5.74) is 1.82. The third-order valence-corrected chi connectivity index (χ3v) is 2.81. The normalized spacial score (nSPS) is 10.2. The summed E-state index contributed by atoms with van der Waals surface area (Å²) < 4.78 is 0. The summed E-state index contributed by atoms with van der Waals surface area (Å²) in [7, 11) is 1.90. The van der Waals surface area contributed by atoms with Gasteiger partial charge in [-0.3, -0.25) is 4.79 Å². The van der Waals surface area contributed by atoms with Gasteiger partial charge in [-0.1, -0.05) is 0 Å². The van der Waals surface area contributed by atoms with Crippen LogP contribution in [-0.2, 0) is 11.2 Å². The van der Waals surface area contributed by atoms with Gasteiger partial charge in [0, 0.05) is 24.3 Å². The van der Waals surface area contributed by atoms with Crippen LogP contribution < -0.4 is 10.6 Å². The number of pyridine rings is 1. The zero-order valence-corrected chi connectivity index (χ0v) is 11.7. The van der Waals surface area contributed by atoms with Crippen LogP contribution in [0.4, 0.5) is 0 Å². The third kappa shape index (κ3) is 4.22. The molecule has 2 aromatic heterocycles. The van der Waals surface area contributed by atoms with Crippen molar-refractivity contribution in [1.29, 1.82) is 0 Å². The first-order chi connectivity index (χ1) is 8.81. The van der Waals surface area contributed by atoms with Crippen molar-refractivity contribution < 1.29 is 4.79 Å². The summed E-state index contributed by atoms with van der Waals surface area (Å²) in [6.07, 6.45) is 4.92. The van der Waals surface area contributed by atoms with Crippen molar-refractivity contribution in [2.75, 3.05) is 20.1 Å². The molecule has 2 rings (SSSR count). The summed E-state index contributed by atoms with van der Waals surface area (Å²) in [6.45, 7) is 1.62. The second-order valence-electron chi connectivity index (χ2n) is 4.20. The smallest absolute Gasteiger partial charge is 0.224 e. The van der Waals surface area contributed by atoms with Gasteiger partial charge in [0.1, 0.15) is 5.65 Å². The van der Waals surface area contributed by atoms with Crippen LogP contribution in [0.25, 0.3) is 11.0 Å². The van der Waals surface area contributed by atoms with Gasteiger partial charge in [-0.25, -0.2) is 4.98 Å². The first-order valence-electron chi connectivity index (χ1n) is 6.13. The Hall–Kier alpha value is -1.59. The van der Waals surface area contributed by atoms with E-state index in [0.29, 0.717) is 13.0 Å². The predicted octanol–water partition coefficient (Wildman–Crippen LogP) is 1.25. The second-order valence-corrected chi connectivity index (χ2v) is 4.20. The summed E-state index contributed by atoms with van der Waals surface area (Å²) in [5.74, 6) is 0.0517. The van der Waals surface area contributed by atoms with Gasteiger partial charge in [-0.15, -0.1) is 12.4 Å². The van der Waals surface area contributed by atoms with E-state index in [2.05, 4.69) is 20.6 Å². The molecule has 0 aromatic carbocycles. The molecule has 0 atom stereocenters. The van der Waals surface area contributed by atoms with E-state index in [1.165, 1.54) is 0 Å². The Labute approximate surface area is 118 Å². The van der Waals surface area contributed by atoms with Crippen LogP contribution in [0.3, 0.4) is 0 Å². The topological polar surface area (TPSA) is 69.8 Å². The van der Waals surface area contributed by atoms with E-state index in [1.54, 1.807) is 6.20 Å². The lowest BCUT2D eigenvalue weighted by Crippen LogP contribution is -2.27. The summed E-state index contributed by atoms with van der Waals surface area (Å²) in [6, 6.07) is 3.85. The monoisotopic (exact) mass is 282 g/mol. The Morgan fingerprint density at radius 3 is 3.05 bits per heavy atom. The van der Waals surface area contributed by atoms with Crippen molar-refractivity contribution in [2.24, 2.45) is 0 Å². The number of H-pyrrole nitrogens is 1. The molecule has 0 saturated carbocycles. The molecule has 6 heteroatoms. The molecule has 2 aromatic rings. The minimum atomic E-state index is 0. The van der Waals surface area contributed by atoms with Crippen LogP contribution in [0.2, 0.25) is 0 Å². The number of carbonyl (C=O) groups is 1. The Kier molecular flexibility index (Phi) is 6.32. The highest BCUT2D eigenvalue weighted by Crippen LogP contribution is 2.15. The number of nitrogens with zero attached hydrogens (tertiary/aromatic N) is 1. The van der Waals surface area contributed by atoms with E-state index in [0.717, 1.165) is 29.6 Å². The van der Waals surface area contributed by atoms with Crippen LogP contribution in [0.15, 0.2) is 24.5 Å². The first-order valence-corrected chi connectivity index (χ1v) is 6.13. The van der Waals surface area contributed by atoms with Gasteiger partial charge < -0.3 is 15.6 Å². The van der Waals surface area contributed by atoms with Gasteiger partial charge in [-0.2, -0.15) is 0 Å². The molecular weight excluding hydrogens is 264 g/mol. The third-order valence-electron chi connectivity index (χ3n) is 2.81. The fraction of sp³-hybridized carbons (Fsp3) is 0.385. The summed E-state index contributed by atoms with van der Waals surface area (Å²) in [5, 5.41) is 6.97. The van der Waals surface area contributed by atoms with E-state index >= 15 is 0 Å². The lowest BCUT2D eigenvalue weighted by Gasteiger charge is -2.04. The SMILES string of the molecule is CNCCCNC(=O)Cc1c[nH]c2ncccc12.Cl. The Balaban J connectivity index is 0.00000180. The van der Waals surface area contributed by atoms with Crippen LogP contribution >= 0.6 is 12.4 Å². The van der Waals surface area contributed by atoms with Crippen LogP contribution in [0.5, 0.6) is 0 Å². The van der Waals surface area contributed by atoms with Crippen molar-refractivity contribution in [2.45, 2.75) is 12.8 Å². The highest BCUT2D eigenvalue weighted by atomic mass is 35.5. The Morgan fingerprint density at radius 2 is 2.26 bits per heavy atom. The van der Waals surface area contributed by atoms with Crippen molar-refractivity contribution >= 4 is 29.3 Å². The standard InChI is InChI=1S/C13H18N4O.ClH/c1-14-5-3-7-15-12(18)8-10-9-17-13-11(10)4-2-6-16-13;/h2,4,6,9,14H,3,5,7-8H2,1H3,(H,15,18)(H,16,17);1H. The number of rotatable bonds is 6. The maximum atomic E-state index is 11.8. The zero-order valence-electron chi connectivity index (χ0n) is 10.9. The number of nitrogens with one attached hydrogen (secondary N) is 3. The van der Waals surface area contributed by atoms with Crippen LogP contribution in [0.1, 0.15) is 12.0 Å². The molecular formula is C13H19ClN4O. The van der Waals surface area contributed by atoms with Crippen molar-refractivity contribution in [3.63, 3.8) is 0 Å². The molecule has 0 saturated heterocycles. The van der Waals surface area contributed by atoms with E-state index in [-0.39, 0.29) is 18.3 Å². The van der Waals surface area contributed by atoms with Gasteiger partial charge in [0.05, 0.1) is 6.42 Å². The maximum absolute atomic E-state index is 11.8. The molecule has 0 radical (unpaired) electrons. The molecule has 0 aliphatic carbocycles. The second kappa shape index (κ2) is 7.76. The molecule has 5 nitrogen and oxygen atoms in total. The fourth-order valence-corrected chi connectivity index (χ4v) is 1.89. The van der Waals surface area contributed by atoms with Gasteiger partial charge in [-0.05, 0) is 37.7 Å². The van der Waals surface area contributed by atoms with E-state index in [4.69, 9.17) is 0 Å². The number of aromatic amines is 1. The van der Waals surface area contributed by atoms with Crippen molar-refractivity contribution in [1.82, 2.24) is 20.6 Å². The summed E-state index contributed by atoms with van der Waals surface area (Å²) >= 11 is 0. The number of fused-ring (bicyclic) bond motifs is 1. The highest BCUT2D eigenvalue weighted by Gasteiger charge is 2.08. The van der Waals surface area contributed by atoms with Gasteiger partial charge in [0.2, 0.25) is 5.91 Å². The average molecular weight is 283 g/mol. The fourth-order valence-electron chi connectivity index (χ4n) is 1.89. The Bertz CT molecular complexity index is 526. The number of hydrogen-bond acceptors (Lipinski definition) is 3. The molecule has 0 aliphatic rings. The minimum Gasteiger partial charge on any atom is -0.356 e. The number of carbonyl (C=O) groups excluding carboxylic acids is 1. The molecule has 3 N–H and O–H groups in total.